The maximum Gasteiger partial charge on any atom is 0.312 e. The second-order valence-electron chi connectivity index (χ2n) is 5.29. The van der Waals surface area contributed by atoms with E-state index >= 15 is 0 Å². The van der Waals surface area contributed by atoms with Gasteiger partial charge in [-0.05, 0) is 42.3 Å². The Balaban J connectivity index is 2.15. The summed E-state index contributed by atoms with van der Waals surface area (Å²) in [5.41, 5.74) is 7.33. The van der Waals surface area contributed by atoms with E-state index in [0.717, 1.165) is 5.56 Å². The van der Waals surface area contributed by atoms with Crippen molar-refractivity contribution in [3.8, 4) is 0 Å². The van der Waals surface area contributed by atoms with Crippen LogP contribution in [0.1, 0.15) is 23.6 Å². The molecule has 0 spiro atoms. The number of carbonyl (C=O) groups excluding carboxylic acids is 2. The number of hydrogen-bond donors (Lipinski definition) is 3. The molecule has 5 nitrogen and oxygen atoms in total. The van der Waals surface area contributed by atoms with E-state index < -0.39 is 12.1 Å². The number of aryl methyl sites for hydroxylation is 1. The summed E-state index contributed by atoms with van der Waals surface area (Å²) in [5.74, 6) is -0.279. The van der Waals surface area contributed by atoms with Gasteiger partial charge in [-0.15, -0.1) is 0 Å². The number of anilines is 1. The number of halogens is 2. The SMILES string of the molecule is Cc1cc(Cl)ccc1NC(=O)CC(NC(N)=O)c1ccccc1Cl. The van der Waals surface area contributed by atoms with Crippen molar-refractivity contribution in [3.63, 3.8) is 0 Å². The van der Waals surface area contributed by atoms with Gasteiger partial charge in [-0.2, -0.15) is 0 Å². The lowest BCUT2D eigenvalue weighted by atomic mass is 10.0. The van der Waals surface area contributed by atoms with Gasteiger partial charge in [0.15, 0.2) is 0 Å². The number of urea groups is 1. The Morgan fingerprint density at radius 3 is 2.50 bits per heavy atom. The zero-order valence-corrected chi connectivity index (χ0v) is 14.5. The van der Waals surface area contributed by atoms with E-state index in [1.807, 2.05) is 6.92 Å². The van der Waals surface area contributed by atoms with Gasteiger partial charge in [0.2, 0.25) is 5.91 Å². The fraction of sp³-hybridized carbons (Fsp3) is 0.176. The summed E-state index contributed by atoms with van der Waals surface area (Å²) in [6.07, 6.45) is -0.00522. The molecular weight excluding hydrogens is 349 g/mol. The first kappa shape index (κ1) is 18.1. The Labute approximate surface area is 150 Å². The first-order valence-corrected chi connectivity index (χ1v) is 7.99. The van der Waals surface area contributed by atoms with Crippen molar-refractivity contribution in [3.05, 3.63) is 63.6 Å². The summed E-state index contributed by atoms with van der Waals surface area (Å²) in [5, 5.41) is 6.39. The molecule has 1 atom stereocenters. The van der Waals surface area contributed by atoms with Crippen LogP contribution >= 0.6 is 23.2 Å². The molecule has 0 aliphatic rings. The minimum absolute atomic E-state index is 0.00522. The third-order valence-electron chi connectivity index (χ3n) is 3.45. The van der Waals surface area contributed by atoms with Crippen LogP contribution in [0, 0.1) is 6.92 Å². The van der Waals surface area contributed by atoms with E-state index in [-0.39, 0.29) is 12.3 Å². The molecule has 0 heterocycles. The van der Waals surface area contributed by atoms with Crippen molar-refractivity contribution >= 4 is 40.8 Å². The number of amides is 3. The normalized spacial score (nSPS) is 11.6. The number of carbonyl (C=O) groups is 2. The Kier molecular flexibility index (Phi) is 6.06. The van der Waals surface area contributed by atoms with Gasteiger partial charge in [0.05, 0.1) is 12.5 Å². The molecule has 0 aromatic heterocycles. The molecule has 0 saturated carbocycles. The van der Waals surface area contributed by atoms with Crippen molar-refractivity contribution < 1.29 is 9.59 Å². The summed E-state index contributed by atoms with van der Waals surface area (Å²) in [4.78, 5) is 23.6. The zero-order chi connectivity index (χ0) is 17.7. The van der Waals surface area contributed by atoms with Gasteiger partial charge in [0.25, 0.3) is 0 Å². The monoisotopic (exact) mass is 365 g/mol. The van der Waals surface area contributed by atoms with Gasteiger partial charge >= 0.3 is 6.03 Å². The van der Waals surface area contributed by atoms with Crippen molar-refractivity contribution in [2.75, 3.05) is 5.32 Å². The smallest absolute Gasteiger partial charge is 0.312 e. The molecule has 126 valence electrons. The molecular formula is C17H17Cl2N3O2. The maximum atomic E-state index is 12.3. The molecule has 2 aromatic rings. The highest BCUT2D eigenvalue weighted by Crippen LogP contribution is 2.26. The van der Waals surface area contributed by atoms with Crippen molar-refractivity contribution in [2.45, 2.75) is 19.4 Å². The lowest BCUT2D eigenvalue weighted by Gasteiger charge is -2.19. The number of nitrogens with two attached hydrogens (primary N) is 1. The van der Waals surface area contributed by atoms with Gasteiger partial charge in [-0.1, -0.05) is 41.4 Å². The number of rotatable bonds is 5. The van der Waals surface area contributed by atoms with Crippen LogP contribution < -0.4 is 16.4 Å². The number of nitrogens with one attached hydrogen (secondary N) is 2. The number of hydrogen-bond acceptors (Lipinski definition) is 2. The zero-order valence-electron chi connectivity index (χ0n) is 13.0. The molecule has 0 bridgehead atoms. The molecule has 3 amide bonds. The Morgan fingerprint density at radius 1 is 1.17 bits per heavy atom. The predicted octanol–water partition coefficient (Wildman–Crippen LogP) is 4.04. The van der Waals surface area contributed by atoms with Crippen LogP contribution in [0.25, 0.3) is 0 Å². The molecule has 0 aliphatic heterocycles. The van der Waals surface area contributed by atoms with E-state index in [9.17, 15) is 9.59 Å². The molecule has 0 fully saturated rings. The van der Waals surface area contributed by atoms with Gasteiger partial charge in [0, 0.05) is 15.7 Å². The van der Waals surface area contributed by atoms with Gasteiger partial charge in [-0.25, -0.2) is 4.79 Å². The third-order valence-corrected chi connectivity index (χ3v) is 4.03. The highest BCUT2D eigenvalue weighted by molar-refractivity contribution is 6.31. The second kappa shape index (κ2) is 8.04. The Hall–Kier alpha value is -2.24. The van der Waals surface area contributed by atoms with Crippen LogP contribution in [-0.4, -0.2) is 11.9 Å². The average molecular weight is 366 g/mol. The third kappa shape index (κ3) is 4.88. The quantitative estimate of drug-likeness (QED) is 0.746. The summed E-state index contributed by atoms with van der Waals surface area (Å²) >= 11 is 12.1. The van der Waals surface area contributed by atoms with E-state index in [2.05, 4.69) is 10.6 Å². The topological polar surface area (TPSA) is 84.2 Å². The maximum absolute atomic E-state index is 12.3. The number of benzene rings is 2. The largest absolute Gasteiger partial charge is 0.352 e. The summed E-state index contributed by atoms with van der Waals surface area (Å²) in [7, 11) is 0. The van der Waals surface area contributed by atoms with Crippen LogP contribution in [0.4, 0.5) is 10.5 Å². The highest BCUT2D eigenvalue weighted by atomic mass is 35.5. The first-order chi connectivity index (χ1) is 11.4. The molecule has 0 aliphatic carbocycles. The molecule has 4 N–H and O–H groups in total. The summed E-state index contributed by atoms with van der Waals surface area (Å²) in [6, 6.07) is 10.8. The average Bonchev–Trinajstić information content (AvgIpc) is 2.49. The molecule has 2 aromatic carbocycles. The Bertz CT molecular complexity index is 765. The van der Waals surface area contributed by atoms with Crippen LogP contribution in [0.5, 0.6) is 0 Å². The molecule has 2 rings (SSSR count). The van der Waals surface area contributed by atoms with Crippen molar-refractivity contribution in [2.24, 2.45) is 5.73 Å². The standard InChI is InChI=1S/C17H17Cl2N3O2/c1-10-8-11(18)6-7-14(10)21-16(23)9-15(22-17(20)24)12-4-2-3-5-13(12)19/h2-8,15H,9H2,1H3,(H,21,23)(H3,20,22,24). The fourth-order valence-corrected chi connectivity index (χ4v) is 2.82. The van der Waals surface area contributed by atoms with E-state index in [1.165, 1.54) is 0 Å². The van der Waals surface area contributed by atoms with E-state index in [0.29, 0.717) is 21.3 Å². The number of primary amides is 1. The highest BCUT2D eigenvalue weighted by Gasteiger charge is 2.20. The van der Waals surface area contributed by atoms with Crippen molar-refractivity contribution in [1.82, 2.24) is 5.32 Å². The predicted molar refractivity (Wildman–Crippen MR) is 96.3 cm³/mol. The second-order valence-corrected chi connectivity index (χ2v) is 6.14. The summed E-state index contributed by atoms with van der Waals surface area (Å²) in [6.45, 7) is 1.84. The van der Waals surface area contributed by atoms with Gasteiger partial charge in [0.1, 0.15) is 0 Å². The minimum Gasteiger partial charge on any atom is -0.352 e. The van der Waals surface area contributed by atoms with E-state index in [1.54, 1.807) is 42.5 Å². The van der Waals surface area contributed by atoms with Gasteiger partial charge < -0.3 is 16.4 Å². The summed E-state index contributed by atoms with van der Waals surface area (Å²) < 4.78 is 0. The van der Waals surface area contributed by atoms with Gasteiger partial charge in [-0.3, -0.25) is 4.79 Å². The molecule has 1 unspecified atom stereocenters. The molecule has 0 saturated heterocycles. The molecule has 0 radical (unpaired) electrons. The van der Waals surface area contributed by atoms with Crippen LogP contribution in [0.3, 0.4) is 0 Å². The fourth-order valence-electron chi connectivity index (χ4n) is 2.32. The van der Waals surface area contributed by atoms with Crippen LogP contribution in [-0.2, 0) is 4.79 Å². The molecule has 24 heavy (non-hydrogen) atoms. The van der Waals surface area contributed by atoms with Crippen LogP contribution in [0.15, 0.2) is 42.5 Å². The minimum atomic E-state index is -0.726. The van der Waals surface area contributed by atoms with Crippen LogP contribution in [0.2, 0.25) is 10.0 Å². The Morgan fingerprint density at radius 2 is 1.88 bits per heavy atom. The first-order valence-electron chi connectivity index (χ1n) is 7.23. The molecule has 7 heteroatoms. The van der Waals surface area contributed by atoms with Crippen molar-refractivity contribution in [1.29, 1.82) is 0 Å². The lowest BCUT2D eigenvalue weighted by Crippen LogP contribution is -2.35. The lowest BCUT2D eigenvalue weighted by molar-refractivity contribution is -0.116. The van der Waals surface area contributed by atoms with E-state index in [4.69, 9.17) is 28.9 Å².